The Morgan fingerprint density at radius 2 is 2.25 bits per heavy atom. The summed E-state index contributed by atoms with van der Waals surface area (Å²) in [6, 6.07) is 7.41. The van der Waals surface area contributed by atoms with Gasteiger partial charge in [0.1, 0.15) is 11.6 Å². The summed E-state index contributed by atoms with van der Waals surface area (Å²) >= 11 is 7.07. The number of hydrogen-bond donors (Lipinski definition) is 1. The molecule has 0 aliphatic carbocycles. The zero-order valence-electron chi connectivity index (χ0n) is 8.26. The molecule has 1 aromatic heterocycles. The number of rotatable bonds is 4. The molecule has 0 radical (unpaired) electrons. The van der Waals surface area contributed by atoms with Crippen LogP contribution in [-0.2, 0) is 13.2 Å². The van der Waals surface area contributed by atoms with Gasteiger partial charge >= 0.3 is 0 Å². The molecule has 2 aromatic rings. The van der Waals surface area contributed by atoms with Crippen LogP contribution >= 0.6 is 22.9 Å². The summed E-state index contributed by atoms with van der Waals surface area (Å²) < 4.78 is 5.40. The molecule has 0 unspecified atom stereocenters. The Kier molecular flexibility index (Phi) is 3.71. The number of ether oxygens (including phenoxy) is 1. The molecule has 4 nitrogen and oxygen atoms in total. The Morgan fingerprint density at radius 1 is 1.38 bits per heavy atom. The predicted octanol–water partition coefficient (Wildman–Crippen LogP) is 2.26. The first-order valence-corrected chi connectivity index (χ1v) is 5.78. The van der Waals surface area contributed by atoms with Crippen LogP contribution in [0.15, 0.2) is 24.3 Å². The molecule has 6 heteroatoms. The molecule has 0 bridgehead atoms. The van der Waals surface area contributed by atoms with Crippen molar-refractivity contribution in [1.82, 2.24) is 10.2 Å². The lowest BCUT2D eigenvalue weighted by Gasteiger charge is -2.01. The summed E-state index contributed by atoms with van der Waals surface area (Å²) in [7, 11) is 0. The third-order valence-electron chi connectivity index (χ3n) is 1.83. The highest BCUT2D eigenvalue weighted by Crippen LogP contribution is 2.19. The Labute approximate surface area is 101 Å². The summed E-state index contributed by atoms with van der Waals surface area (Å²) in [6.07, 6.45) is 0. The molecule has 0 spiro atoms. The lowest BCUT2D eigenvalue weighted by Crippen LogP contribution is -1.94. The molecule has 0 fully saturated rings. The van der Waals surface area contributed by atoms with Crippen LogP contribution in [0.4, 0.5) is 0 Å². The summed E-state index contributed by atoms with van der Waals surface area (Å²) in [5.74, 6) is 0. The highest BCUT2D eigenvalue weighted by molar-refractivity contribution is 7.13. The van der Waals surface area contributed by atoms with E-state index in [-0.39, 0.29) is 6.61 Å². The first kappa shape index (κ1) is 11.3. The number of aliphatic hydroxyl groups excluding tert-OH is 1. The van der Waals surface area contributed by atoms with Crippen molar-refractivity contribution in [3.63, 3.8) is 0 Å². The van der Waals surface area contributed by atoms with Gasteiger partial charge in [-0.2, -0.15) is 0 Å². The van der Waals surface area contributed by atoms with Gasteiger partial charge in [0.15, 0.2) is 0 Å². The Hall–Kier alpha value is -1.17. The van der Waals surface area contributed by atoms with Gasteiger partial charge in [-0.05, 0) is 17.7 Å². The summed E-state index contributed by atoms with van der Waals surface area (Å²) in [5, 5.41) is 18.0. The van der Waals surface area contributed by atoms with Gasteiger partial charge in [-0.15, -0.1) is 5.10 Å². The molecule has 16 heavy (non-hydrogen) atoms. The van der Waals surface area contributed by atoms with Gasteiger partial charge in [-0.25, -0.2) is 0 Å². The standard InChI is InChI=1S/C10H9ClN2O2S/c11-8-3-1-2-7(4-8)6-15-10-13-12-9(5-14)16-10/h1-4,14H,5-6H2. The van der Waals surface area contributed by atoms with E-state index >= 15 is 0 Å². The minimum Gasteiger partial charge on any atom is -0.464 e. The van der Waals surface area contributed by atoms with E-state index in [0.29, 0.717) is 21.8 Å². The first-order chi connectivity index (χ1) is 7.78. The Balaban J connectivity index is 1.96. The zero-order chi connectivity index (χ0) is 11.4. The maximum absolute atomic E-state index is 8.81. The normalized spacial score (nSPS) is 10.4. The average molecular weight is 257 g/mol. The Bertz CT molecular complexity index is 475. The van der Waals surface area contributed by atoms with E-state index in [2.05, 4.69) is 10.2 Å². The maximum atomic E-state index is 8.81. The molecule has 0 aliphatic heterocycles. The smallest absolute Gasteiger partial charge is 0.294 e. The third kappa shape index (κ3) is 2.91. The molecule has 0 amide bonds. The van der Waals surface area contributed by atoms with Crippen molar-refractivity contribution >= 4 is 22.9 Å². The maximum Gasteiger partial charge on any atom is 0.294 e. The van der Waals surface area contributed by atoms with Gasteiger partial charge in [0, 0.05) is 5.02 Å². The molecular formula is C10H9ClN2O2S. The fraction of sp³-hybridized carbons (Fsp3) is 0.200. The van der Waals surface area contributed by atoms with Crippen LogP contribution in [0.3, 0.4) is 0 Å². The van der Waals surface area contributed by atoms with Gasteiger partial charge in [0.2, 0.25) is 0 Å². The van der Waals surface area contributed by atoms with Crippen molar-refractivity contribution in [3.05, 3.63) is 39.9 Å². The van der Waals surface area contributed by atoms with Gasteiger partial charge in [-0.1, -0.05) is 40.2 Å². The largest absolute Gasteiger partial charge is 0.464 e. The number of nitrogens with zero attached hydrogens (tertiary/aromatic N) is 2. The third-order valence-corrected chi connectivity index (χ3v) is 2.89. The van der Waals surface area contributed by atoms with Crippen molar-refractivity contribution in [2.24, 2.45) is 0 Å². The van der Waals surface area contributed by atoms with Crippen LogP contribution in [0.2, 0.25) is 5.02 Å². The molecule has 84 valence electrons. The number of aliphatic hydroxyl groups is 1. The lowest BCUT2D eigenvalue weighted by atomic mass is 10.2. The van der Waals surface area contributed by atoms with Crippen molar-refractivity contribution in [2.75, 3.05) is 0 Å². The predicted molar refractivity (Wildman–Crippen MR) is 61.6 cm³/mol. The van der Waals surface area contributed by atoms with Crippen molar-refractivity contribution in [2.45, 2.75) is 13.2 Å². The van der Waals surface area contributed by atoms with Gasteiger partial charge in [0.05, 0.1) is 6.61 Å². The molecule has 0 atom stereocenters. The second kappa shape index (κ2) is 5.25. The second-order valence-corrected chi connectivity index (χ2v) is 4.50. The summed E-state index contributed by atoms with van der Waals surface area (Å²) in [6.45, 7) is 0.277. The highest BCUT2D eigenvalue weighted by Gasteiger charge is 2.04. The number of hydrogen-bond acceptors (Lipinski definition) is 5. The summed E-state index contributed by atoms with van der Waals surface area (Å²) in [5.41, 5.74) is 0.966. The van der Waals surface area contributed by atoms with E-state index in [4.69, 9.17) is 21.4 Å². The molecular weight excluding hydrogens is 248 g/mol. The quantitative estimate of drug-likeness (QED) is 0.912. The van der Waals surface area contributed by atoms with Crippen molar-refractivity contribution in [1.29, 1.82) is 0 Å². The van der Waals surface area contributed by atoms with Gasteiger partial charge in [-0.3, -0.25) is 0 Å². The molecule has 0 saturated carbocycles. The van der Waals surface area contributed by atoms with Crippen LogP contribution in [0.5, 0.6) is 5.19 Å². The van der Waals surface area contributed by atoms with E-state index < -0.39 is 0 Å². The van der Waals surface area contributed by atoms with Crippen molar-refractivity contribution < 1.29 is 9.84 Å². The number of benzene rings is 1. The SMILES string of the molecule is OCc1nnc(OCc2cccc(Cl)c2)s1. The van der Waals surface area contributed by atoms with Gasteiger partial charge < -0.3 is 9.84 Å². The van der Waals surface area contributed by atoms with Crippen LogP contribution in [0, 0.1) is 0 Å². The summed E-state index contributed by atoms with van der Waals surface area (Å²) in [4.78, 5) is 0. The van der Waals surface area contributed by atoms with Gasteiger partial charge in [0.25, 0.3) is 5.19 Å². The minimum atomic E-state index is -0.113. The molecule has 0 aliphatic rings. The number of halogens is 1. The molecule has 1 aromatic carbocycles. The fourth-order valence-electron chi connectivity index (χ4n) is 1.13. The zero-order valence-corrected chi connectivity index (χ0v) is 9.83. The minimum absolute atomic E-state index is 0.113. The van der Waals surface area contributed by atoms with Crippen LogP contribution in [0.25, 0.3) is 0 Å². The highest BCUT2D eigenvalue weighted by atomic mass is 35.5. The molecule has 1 N–H and O–H groups in total. The molecule has 1 heterocycles. The van der Waals surface area contributed by atoms with Crippen LogP contribution in [0.1, 0.15) is 10.6 Å². The van der Waals surface area contributed by atoms with E-state index in [1.54, 1.807) is 6.07 Å². The van der Waals surface area contributed by atoms with E-state index in [0.717, 1.165) is 5.56 Å². The monoisotopic (exact) mass is 256 g/mol. The van der Waals surface area contributed by atoms with E-state index in [1.807, 2.05) is 18.2 Å². The lowest BCUT2D eigenvalue weighted by molar-refractivity contribution is 0.279. The first-order valence-electron chi connectivity index (χ1n) is 4.58. The van der Waals surface area contributed by atoms with Crippen molar-refractivity contribution in [3.8, 4) is 5.19 Å². The molecule has 0 saturated heterocycles. The van der Waals surface area contributed by atoms with Crippen LogP contribution in [-0.4, -0.2) is 15.3 Å². The average Bonchev–Trinajstić information content (AvgIpc) is 2.74. The fourth-order valence-corrected chi connectivity index (χ4v) is 1.89. The van der Waals surface area contributed by atoms with Crippen LogP contribution < -0.4 is 4.74 Å². The number of aromatic nitrogens is 2. The topological polar surface area (TPSA) is 55.2 Å². The molecule has 2 rings (SSSR count). The van der Waals surface area contributed by atoms with E-state index in [9.17, 15) is 0 Å². The van der Waals surface area contributed by atoms with E-state index in [1.165, 1.54) is 11.3 Å². The second-order valence-electron chi connectivity index (χ2n) is 3.04. The Morgan fingerprint density at radius 3 is 2.94 bits per heavy atom.